The largest absolute Gasteiger partial charge is 0.342 e. The van der Waals surface area contributed by atoms with Crippen LogP contribution in [0, 0.1) is 11.8 Å². The smallest absolute Gasteiger partial charge is 0.226 e. The fourth-order valence-electron chi connectivity index (χ4n) is 3.36. The normalized spacial score (nSPS) is 24.9. The van der Waals surface area contributed by atoms with Gasteiger partial charge in [0.05, 0.1) is 6.42 Å². The van der Waals surface area contributed by atoms with Gasteiger partial charge in [0.25, 0.3) is 0 Å². The number of fused-ring (bicyclic) bond motifs is 1. The molecular formula is C16H22BrClN2O. The lowest BCUT2D eigenvalue weighted by Crippen LogP contribution is -2.33. The highest BCUT2D eigenvalue weighted by molar-refractivity contribution is 9.10. The van der Waals surface area contributed by atoms with Crippen molar-refractivity contribution in [3.63, 3.8) is 0 Å². The zero-order valence-corrected chi connectivity index (χ0v) is 14.5. The number of nitrogens with one attached hydrogen (secondary N) is 1. The molecule has 2 heterocycles. The van der Waals surface area contributed by atoms with E-state index in [1.54, 1.807) is 0 Å². The molecule has 1 aromatic carbocycles. The van der Waals surface area contributed by atoms with Gasteiger partial charge < -0.3 is 10.2 Å². The highest BCUT2D eigenvalue weighted by atomic mass is 79.9. The Hall–Kier alpha value is -0.580. The van der Waals surface area contributed by atoms with Gasteiger partial charge >= 0.3 is 0 Å². The van der Waals surface area contributed by atoms with Gasteiger partial charge in [-0.2, -0.15) is 0 Å². The molecule has 0 unspecified atom stereocenters. The zero-order chi connectivity index (χ0) is 13.9. The van der Waals surface area contributed by atoms with Crippen molar-refractivity contribution in [1.29, 1.82) is 0 Å². The minimum absolute atomic E-state index is 0. The Kier molecular flexibility index (Phi) is 6.08. The summed E-state index contributed by atoms with van der Waals surface area (Å²) in [6.07, 6.45) is 2.84. The monoisotopic (exact) mass is 372 g/mol. The molecule has 1 aromatic rings. The van der Waals surface area contributed by atoms with Crippen LogP contribution in [-0.2, 0) is 11.2 Å². The Morgan fingerprint density at radius 2 is 1.71 bits per heavy atom. The van der Waals surface area contributed by atoms with Crippen molar-refractivity contribution in [2.24, 2.45) is 11.8 Å². The molecule has 0 bridgehead atoms. The second-order valence-corrected chi connectivity index (χ2v) is 6.86. The van der Waals surface area contributed by atoms with E-state index in [0.29, 0.717) is 6.42 Å². The Balaban J connectivity index is 0.00000161. The lowest BCUT2D eigenvalue weighted by atomic mass is 9.92. The van der Waals surface area contributed by atoms with Gasteiger partial charge in [-0.25, -0.2) is 0 Å². The van der Waals surface area contributed by atoms with Crippen molar-refractivity contribution in [2.75, 3.05) is 26.2 Å². The summed E-state index contributed by atoms with van der Waals surface area (Å²) in [7, 11) is 0. The first kappa shape index (κ1) is 16.8. The van der Waals surface area contributed by atoms with E-state index in [-0.39, 0.29) is 18.3 Å². The molecule has 2 saturated heterocycles. The van der Waals surface area contributed by atoms with Crippen LogP contribution in [0.1, 0.15) is 18.4 Å². The maximum absolute atomic E-state index is 12.4. The zero-order valence-electron chi connectivity index (χ0n) is 12.1. The number of carbonyl (C=O) groups is 1. The van der Waals surface area contributed by atoms with Gasteiger partial charge in [0, 0.05) is 17.6 Å². The van der Waals surface area contributed by atoms with Gasteiger partial charge in [0.1, 0.15) is 0 Å². The number of hydrogen-bond donors (Lipinski definition) is 1. The van der Waals surface area contributed by atoms with Crippen molar-refractivity contribution < 1.29 is 4.79 Å². The third-order valence-corrected chi connectivity index (χ3v) is 5.17. The topological polar surface area (TPSA) is 32.3 Å². The van der Waals surface area contributed by atoms with Crippen LogP contribution in [0.4, 0.5) is 0 Å². The first-order chi connectivity index (χ1) is 9.72. The second-order valence-electron chi connectivity index (χ2n) is 5.94. The highest BCUT2D eigenvalue weighted by Gasteiger charge is 2.31. The summed E-state index contributed by atoms with van der Waals surface area (Å²) in [4.78, 5) is 14.5. The minimum atomic E-state index is 0. The number of nitrogens with zero attached hydrogens (tertiary/aromatic N) is 1. The standard InChI is InChI=1S/C16H21BrN2O.ClH/c17-15-3-1-12(2-4-15)9-16(20)19-7-5-13-10-18-11-14(13)6-8-19;/h1-4,13-14,18H,5-11H2;1H/t13-,14+;. The average molecular weight is 374 g/mol. The third kappa shape index (κ3) is 4.21. The number of amides is 1. The van der Waals surface area contributed by atoms with E-state index in [1.165, 1.54) is 0 Å². The van der Waals surface area contributed by atoms with Gasteiger partial charge in [-0.15, -0.1) is 12.4 Å². The first-order valence-electron chi connectivity index (χ1n) is 7.45. The molecule has 3 nitrogen and oxygen atoms in total. The SMILES string of the molecule is Cl.O=C(Cc1ccc(Br)cc1)N1CC[C@@H]2CNC[C@@H]2CC1. The van der Waals surface area contributed by atoms with E-state index in [2.05, 4.69) is 26.1 Å². The van der Waals surface area contributed by atoms with Crippen LogP contribution in [0.3, 0.4) is 0 Å². The Morgan fingerprint density at radius 3 is 2.29 bits per heavy atom. The number of likely N-dealkylation sites (tertiary alicyclic amines) is 1. The maximum atomic E-state index is 12.4. The summed E-state index contributed by atoms with van der Waals surface area (Å²) in [5, 5.41) is 3.47. The molecule has 0 radical (unpaired) electrons. The molecule has 2 aliphatic heterocycles. The van der Waals surface area contributed by atoms with Crippen molar-refractivity contribution in [2.45, 2.75) is 19.3 Å². The van der Waals surface area contributed by atoms with E-state index >= 15 is 0 Å². The molecule has 116 valence electrons. The maximum Gasteiger partial charge on any atom is 0.226 e. The van der Waals surface area contributed by atoms with Gasteiger partial charge in [0.15, 0.2) is 0 Å². The van der Waals surface area contributed by atoms with E-state index in [9.17, 15) is 4.79 Å². The molecule has 21 heavy (non-hydrogen) atoms. The first-order valence-corrected chi connectivity index (χ1v) is 8.24. The van der Waals surface area contributed by atoms with E-state index in [0.717, 1.165) is 60.9 Å². The molecule has 2 atom stereocenters. The number of halogens is 2. The quantitative estimate of drug-likeness (QED) is 0.864. The van der Waals surface area contributed by atoms with Gasteiger partial charge in [-0.05, 0) is 55.5 Å². The molecule has 5 heteroatoms. The molecule has 0 aromatic heterocycles. The molecule has 3 rings (SSSR count). The Morgan fingerprint density at radius 1 is 1.14 bits per heavy atom. The molecule has 0 spiro atoms. The lowest BCUT2D eigenvalue weighted by Gasteiger charge is -2.21. The number of benzene rings is 1. The summed E-state index contributed by atoms with van der Waals surface area (Å²) >= 11 is 3.42. The van der Waals surface area contributed by atoms with Crippen LogP contribution in [0.2, 0.25) is 0 Å². The molecule has 0 saturated carbocycles. The van der Waals surface area contributed by atoms with Crippen molar-refractivity contribution in [3.8, 4) is 0 Å². The molecule has 1 N–H and O–H groups in total. The predicted molar refractivity (Wildman–Crippen MR) is 90.8 cm³/mol. The number of hydrogen-bond acceptors (Lipinski definition) is 2. The summed E-state index contributed by atoms with van der Waals surface area (Å²) in [6, 6.07) is 8.05. The Bertz CT molecular complexity index is 466. The Labute approximate surface area is 141 Å². The van der Waals surface area contributed by atoms with Crippen molar-refractivity contribution >= 4 is 34.2 Å². The van der Waals surface area contributed by atoms with Crippen LogP contribution in [0.15, 0.2) is 28.7 Å². The lowest BCUT2D eigenvalue weighted by molar-refractivity contribution is -0.130. The minimum Gasteiger partial charge on any atom is -0.342 e. The molecule has 1 amide bonds. The summed E-state index contributed by atoms with van der Waals surface area (Å²) in [6.45, 7) is 4.13. The fourth-order valence-corrected chi connectivity index (χ4v) is 3.62. The van der Waals surface area contributed by atoms with E-state index in [4.69, 9.17) is 0 Å². The average Bonchev–Trinajstić information content (AvgIpc) is 2.80. The molecule has 2 fully saturated rings. The number of rotatable bonds is 2. The molecule has 0 aliphatic carbocycles. The number of carbonyl (C=O) groups excluding carboxylic acids is 1. The van der Waals surface area contributed by atoms with Gasteiger partial charge in [-0.1, -0.05) is 28.1 Å². The molecular weight excluding hydrogens is 352 g/mol. The van der Waals surface area contributed by atoms with Crippen LogP contribution in [0.5, 0.6) is 0 Å². The van der Waals surface area contributed by atoms with Crippen LogP contribution in [0.25, 0.3) is 0 Å². The summed E-state index contributed by atoms with van der Waals surface area (Å²) in [5.41, 5.74) is 1.10. The molecule has 2 aliphatic rings. The van der Waals surface area contributed by atoms with Gasteiger partial charge in [0.2, 0.25) is 5.91 Å². The van der Waals surface area contributed by atoms with Crippen LogP contribution in [-0.4, -0.2) is 37.0 Å². The fraction of sp³-hybridized carbons (Fsp3) is 0.562. The van der Waals surface area contributed by atoms with Crippen molar-refractivity contribution in [3.05, 3.63) is 34.3 Å². The van der Waals surface area contributed by atoms with Crippen LogP contribution < -0.4 is 5.32 Å². The highest BCUT2D eigenvalue weighted by Crippen LogP contribution is 2.27. The summed E-state index contributed by atoms with van der Waals surface area (Å²) in [5.74, 6) is 1.83. The third-order valence-electron chi connectivity index (χ3n) is 4.64. The van der Waals surface area contributed by atoms with Crippen LogP contribution >= 0.6 is 28.3 Å². The second kappa shape index (κ2) is 7.61. The van der Waals surface area contributed by atoms with Crippen molar-refractivity contribution in [1.82, 2.24) is 10.2 Å². The van der Waals surface area contributed by atoms with E-state index < -0.39 is 0 Å². The van der Waals surface area contributed by atoms with E-state index in [1.807, 2.05) is 24.3 Å². The van der Waals surface area contributed by atoms with Gasteiger partial charge in [-0.3, -0.25) is 4.79 Å². The predicted octanol–water partition coefficient (Wildman–Crippen LogP) is 2.87. The summed E-state index contributed by atoms with van der Waals surface area (Å²) < 4.78 is 1.06.